The van der Waals surface area contributed by atoms with Crippen LogP contribution in [0.3, 0.4) is 0 Å². The average Bonchev–Trinajstić information content (AvgIpc) is 2.75. The van der Waals surface area contributed by atoms with E-state index in [1.165, 1.54) is 17.7 Å². The van der Waals surface area contributed by atoms with Crippen LogP contribution in [0.5, 0.6) is 5.75 Å². The van der Waals surface area contributed by atoms with Gasteiger partial charge in [-0.05, 0) is 48.6 Å². The van der Waals surface area contributed by atoms with Gasteiger partial charge in [-0.25, -0.2) is 4.79 Å². The number of aryl methyl sites for hydroxylation is 3. The van der Waals surface area contributed by atoms with Crippen molar-refractivity contribution >= 4 is 17.7 Å². The molecule has 3 rings (SSSR count). The fraction of sp³-hybridized carbons (Fsp3) is 0.240. The van der Waals surface area contributed by atoms with E-state index in [-0.39, 0.29) is 17.9 Å². The number of rotatable bonds is 6. The van der Waals surface area contributed by atoms with Crippen molar-refractivity contribution in [2.45, 2.75) is 33.2 Å². The van der Waals surface area contributed by atoms with E-state index in [0.29, 0.717) is 11.3 Å². The second-order valence-electron chi connectivity index (χ2n) is 8.05. The lowest BCUT2D eigenvalue weighted by molar-refractivity contribution is -0.137. The monoisotopic (exact) mass is 449 g/mol. The highest BCUT2D eigenvalue weighted by Crippen LogP contribution is 2.29. The Balaban J connectivity index is 1.85. The van der Waals surface area contributed by atoms with Crippen molar-refractivity contribution in [1.82, 2.24) is 9.88 Å². The third kappa shape index (κ3) is 5.23. The summed E-state index contributed by atoms with van der Waals surface area (Å²) in [5, 5.41) is 24.4. The number of aromatic nitrogens is 1. The second kappa shape index (κ2) is 9.60. The molecule has 0 unspecified atom stereocenters. The number of pyridine rings is 1. The van der Waals surface area contributed by atoms with E-state index in [4.69, 9.17) is 0 Å². The van der Waals surface area contributed by atoms with Crippen molar-refractivity contribution in [3.05, 3.63) is 81.3 Å². The van der Waals surface area contributed by atoms with E-state index in [1.807, 2.05) is 44.2 Å². The van der Waals surface area contributed by atoms with Crippen LogP contribution < -0.4 is 16.2 Å². The molecule has 1 atom stereocenters. The maximum atomic E-state index is 12.6. The number of carbonyl (C=O) groups is 2. The molecule has 4 N–H and O–H groups in total. The zero-order chi connectivity index (χ0) is 24.3. The molecule has 2 aromatic carbocycles. The number of anilines is 1. The van der Waals surface area contributed by atoms with Gasteiger partial charge in [0.15, 0.2) is 5.69 Å². The largest absolute Gasteiger partial charge is 0.505 e. The molecule has 0 saturated heterocycles. The summed E-state index contributed by atoms with van der Waals surface area (Å²) in [6, 6.07) is 13.1. The summed E-state index contributed by atoms with van der Waals surface area (Å²) in [6.45, 7) is 5.70. The van der Waals surface area contributed by atoms with Gasteiger partial charge < -0.3 is 25.4 Å². The standard InChI is InChI=1S/C25H27N3O5/c1-14-6-5-7-15(2)22(14)18-10-8-17(9-11-18)19(13-21(30)31)26-25(33)27-23-20(29)12-16(3)28(4)24(23)32/h5-12,19,29H,13H2,1-4H3,(H,30,31)(H2,26,27,33)/t19-/m0/s1. The number of amides is 2. The molecule has 33 heavy (non-hydrogen) atoms. The molecule has 2 amide bonds. The Hall–Kier alpha value is -4.07. The quantitative estimate of drug-likeness (QED) is 0.453. The van der Waals surface area contributed by atoms with Crippen LogP contribution in [-0.2, 0) is 11.8 Å². The lowest BCUT2D eigenvalue weighted by Crippen LogP contribution is -2.36. The second-order valence-corrected chi connectivity index (χ2v) is 8.05. The lowest BCUT2D eigenvalue weighted by atomic mass is 9.94. The van der Waals surface area contributed by atoms with Crippen molar-refractivity contribution in [3.63, 3.8) is 0 Å². The summed E-state index contributed by atoms with van der Waals surface area (Å²) in [5.41, 5.74) is 4.62. The maximum Gasteiger partial charge on any atom is 0.319 e. The third-order valence-corrected chi connectivity index (χ3v) is 5.65. The van der Waals surface area contributed by atoms with Gasteiger partial charge in [0.25, 0.3) is 5.56 Å². The minimum atomic E-state index is -1.09. The molecule has 0 saturated carbocycles. The molecular weight excluding hydrogens is 422 g/mol. The summed E-state index contributed by atoms with van der Waals surface area (Å²) in [5.74, 6) is -1.45. The first-order chi connectivity index (χ1) is 15.6. The molecule has 1 aromatic heterocycles. The highest BCUT2D eigenvalue weighted by atomic mass is 16.4. The molecule has 172 valence electrons. The summed E-state index contributed by atoms with van der Waals surface area (Å²) >= 11 is 0. The molecule has 1 heterocycles. The fourth-order valence-corrected chi connectivity index (χ4v) is 3.81. The summed E-state index contributed by atoms with van der Waals surface area (Å²) in [7, 11) is 1.52. The van der Waals surface area contributed by atoms with Crippen LogP contribution >= 0.6 is 0 Å². The van der Waals surface area contributed by atoms with Gasteiger partial charge in [0.05, 0.1) is 12.5 Å². The first-order valence-electron chi connectivity index (χ1n) is 10.4. The molecule has 0 spiro atoms. The first-order valence-corrected chi connectivity index (χ1v) is 10.4. The zero-order valence-electron chi connectivity index (χ0n) is 19.0. The molecule has 8 heteroatoms. The number of benzene rings is 2. The number of nitrogens with zero attached hydrogens (tertiary/aromatic N) is 1. The van der Waals surface area contributed by atoms with E-state index in [0.717, 1.165) is 22.3 Å². The first kappa shape index (κ1) is 23.6. The van der Waals surface area contributed by atoms with Crippen molar-refractivity contribution in [1.29, 1.82) is 0 Å². The average molecular weight is 450 g/mol. The van der Waals surface area contributed by atoms with Crippen molar-refractivity contribution in [2.24, 2.45) is 7.05 Å². The topological polar surface area (TPSA) is 121 Å². The van der Waals surface area contributed by atoms with Gasteiger partial charge >= 0.3 is 12.0 Å². The Kier molecular flexibility index (Phi) is 6.86. The van der Waals surface area contributed by atoms with Crippen LogP contribution in [0.4, 0.5) is 10.5 Å². The highest BCUT2D eigenvalue weighted by molar-refractivity contribution is 5.91. The maximum absolute atomic E-state index is 12.6. The predicted molar refractivity (Wildman–Crippen MR) is 127 cm³/mol. The van der Waals surface area contributed by atoms with E-state index in [9.17, 15) is 24.6 Å². The van der Waals surface area contributed by atoms with E-state index in [2.05, 4.69) is 10.6 Å². The van der Waals surface area contributed by atoms with Gasteiger partial charge in [-0.15, -0.1) is 0 Å². The Bertz CT molecular complexity index is 1240. The Morgan fingerprint density at radius 1 is 1.03 bits per heavy atom. The van der Waals surface area contributed by atoms with Crippen LogP contribution in [-0.4, -0.2) is 26.8 Å². The van der Waals surface area contributed by atoms with Gasteiger partial charge in [-0.3, -0.25) is 9.59 Å². The number of carboxylic acids is 1. The van der Waals surface area contributed by atoms with E-state index >= 15 is 0 Å². The molecule has 0 aliphatic rings. The van der Waals surface area contributed by atoms with Gasteiger partial charge in [-0.1, -0.05) is 42.5 Å². The molecule has 0 aliphatic heterocycles. The number of nitrogens with one attached hydrogen (secondary N) is 2. The van der Waals surface area contributed by atoms with Crippen LogP contribution in [0.2, 0.25) is 0 Å². The van der Waals surface area contributed by atoms with Crippen LogP contribution in [0.25, 0.3) is 11.1 Å². The molecule has 0 aliphatic carbocycles. The number of aliphatic carboxylic acids is 1. The minimum Gasteiger partial charge on any atom is -0.505 e. The number of carbonyl (C=O) groups excluding carboxylic acids is 1. The number of hydrogen-bond acceptors (Lipinski definition) is 4. The molecule has 0 bridgehead atoms. The number of carboxylic acid groups (broad SMARTS) is 1. The normalized spacial score (nSPS) is 11.6. The number of urea groups is 1. The van der Waals surface area contributed by atoms with Gasteiger partial charge in [0.1, 0.15) is 5.75 Å². The highest BCUT2D eigenvalue weighted by Gasteiger charge is 2.20. The molecular formula is C25H27N3O5. The minimum absolute atomic E-state index is 0.278. The Morgan fingerprint density at radius 3 is 2.21 bits per heavy atom. The van der Waals surface area contributed by atoms with E-state index < -0.39 is 23.6 Å². The van der Waals surface area contributed by atoms with Crippen molar-refractivity contribution < 1.29 is 19.8 Å². The fourth-order valence-electron chi connectivity index (χ4n) is 3.81. The van der Waals surface area contributed by atoms with Crippen LogP contribution in [0, 0.1) is 20.8 Å². The lowest BCUT2D eigenvalue weighted by Gasteiger charge is -2.19. The third-order valence-electron chi connectivity index (χ3n) is 5.65. The van der Waals surface area contributed by atoms with Crippen LogP contribution in [0.1, 0.15) is 34.8 Å². The molecule has 0 fully saturated rings. The van der Waals surface area contributed by atoms with E-state index in [1.54, 1.807) is 19.1 Å². The molecule has 0 radical (unpaired) electrons. The van der Waals surface area contributed by atoms with Gasteiger partial charge in [0, 0.05) is 18.8 Å². The molecule has 3 aromatic rings. The molecule has 8 nitrogen and oxygen atoms in total. The Morgan fingerprint density at radius 2 is 1.64 bits per heavy atom. The number of aromatic hydroxyl groups is 1. The zero-order valence-corrected chi connectivity index (χ0v) is 19.0. The predicted octanol–water partition coefficient (Wildman–Crippen LogP) is 4.02. The summed E-state index contributed by atoms with van der Waals surface area (Å²) in [4.78, 5) is 36.4. The summed E-state index contributed by atoms with van der Waals surface area (Å²) < 4.78 is 1.29. The Labute approximate surface area is 191 Å². The SMILES string of the molecule is Cc1cccc(C)c1-c1ccc([C@H](CC(=O)O)NC(=O)Nc2c(O)cc(C)n(C)c2=O)cc1. The smallest absolute Gasteiger partial charge is 0.319 e. The van der Waals surface area contributed by atoms with Crippen molar-refractivity contribution in [3.8, 4) is 16.9 Å². The summed E-state index contributed by atoms with van der Waals surface area (Å²) in [6.07, 6.45) is -0.353. The van der Waals surface area contributed by atoms with Crippen LogP contribution in [0.15, 0.2) is 53.3 Å². The number of hydrogen-bond donors (Lipinski definition) is 4. The van der Waals surface area contributed by atoms with Gasteiger partial charge in [0.2, 0.25) is 0 Å². The van der Waals surface area contributed by atoms with Crippen molar-refractivity contribution in [2.75, 3.05) is 5.32 Å². The van der Waals surface area contributed by atoms with Gasteiger partial charge in [-0.2, -0.15) is 0 Å².